The molecule has 3 aromatic heterocycles. The Hall–Kier alpha value is -3.82. The van der Waals surface area contributed by atoms with Crippen molar-refractivity contribution in [1.82, 2.24) is 10.3 Å². The Morgan fingerprint density at radius 3 is 2.67 bits per heavy atom. The van der Waals surface area contributed by atoms with E-state index in [2.05, 4.69) is 10.6 Å². The Kier molecular flexibility index (Phi) is 5.27. The number of rotatable bonds is 4. The summed E-state index contributed by atoms with van der Waals surface area (Å²) in [5.74, 6) is -0.652. The number of pyridine rings is 1. The number of nitrogen functional groups attached to an aromatic ring is 1. The van der Waals surface area contributed by atoms with Gasteiger partial charge < -0.3 is 5.73 Å². The van der Waals surface area contributed by atoms with Crippen LogP contribution in [0.1, 0.15) is 9.67 Å². The number of anilines is 2. The number of carbonyl (C=O) groups excluding carboxylic acids is 1. The smallest absolute Gasteiger partial charge is 0.302 e. The summed E-state index contributed by atoms with van der Waals surface area (Å²) in [5, 5.41) is 7.51. The molecule has 3 N–H and O–H groups in total. The first kappa shape index (κ1) is 21.0. The van der Waals surface area contributed by atoms with Crippen molar-refractivity contribution in [3.63, 3.8) is 0 Å². The second-order valence-corrected chi connectivity index (χ2v) is 8.73. The number of thiophene rings is 1. The number of aromatic nitrogens is 3. The van der Waals surface area contributed by atoms with E-state index >= 15 is 0 Å². The van der Waals surface area contributed by atoms with Gasteiger partial charge in [0.25, 0.3) is 12.1 Å². The fourth-order valence-corrected chi connectivity index (χ4v) is 4.63. The van der Waals surface area contributed by atoms with Crippen LogP contribution >= 0.6 is 22.9 Å². The monoisotopic (exact) mass is 480 g/mol. The van der Waals surface area contributed by atoms with Crippen molar-refractivity contribution < 1.29 is 18.4 Å². The van der Waals surface area contributed by atoms with Crippen molar-refractivity contribution in [3.05, 3.63) is 76.5 Å². The molecule has 3 heterocycles. The first-order valence-electron chi connectivity index (χ1n) is 9.78. The van der Waals surface area contributed by atoms with Gasteiger partial charge in [-0.1, -0.05) is 40.5 Å². The Morgan fingerprint density at radius 2 is 1.97 bits per heavy atom. The molecule has 0 saturated carbocycles. The highest BCUT2D eigenvalue weighted by Crippen LogP contribution is 2.41. The number of benzene rings is 2. The molecule has 0 bridgehead atoms. The third-order valence-electron chi connectivity index (χ3n) is 4.99. The second-order valence-electron chi connectivity index (χ2n) is 7.29. The van der Waals surface area contributed by atoms with Crippen molar-refractivity contribution in [2.75, 3.05) is 11.1 Å². The van der Waals surface area contributed by atoms with Crippen LogP contribution in [0.25, 0.3) is 32.6 Å². The van der Waals surface area contributed by atoms with Crippen molar-refractivity contribution in [3.8, 4) is 22.4 Å². The van der Waals surface area contributed by atoms with Gasteiger partial charge in [0.15, 0.2) is 12.3 Å². The van der Waals surface area contributed by atoms with E-state index in [4.69, 9.17) is 26.8 Å². The van der Waals surface area contributed by atoms with Gasteiger partial charge in [0.05, 0.1) is 11.4 Å². The fourth-order valence-electron chi connectivity index (χ4n) is 3.49. The van der Waals surface area contributed by atoms with Crippen LogP contribution in [0.15, 0.2) is 65.3 Å². The molecule has 10 heteroatoms. The summed E-state index contributed by atoms with van der Waals surface area (Å²) in [4.78, 5) is 18.5. The Labute approximate surface area is 196 Å². The SMILES string of the molecule is C[n+]1cc(NC(=O)c2sc3nc(-c4ccc(Cl)cc4)cc(-c4cccc(F)c4)c3c2N)on1. The van der Waals surface area contributed by atoms with E-state index < -0.39 is 5.91 Å². The third kappa shape index (κ3) is 4.04. The standard InChI is InChI=1S/C23H15ClFN5O2S/c1-30-11-18(32-29-30)28-22(31)21-20(26)19-16(13-3-2-4-15(25)9-13)10-17(27-23(19)33-21)12-5-7-14(24)8-6-12/h2-11H,1H3,(H2-,26,28,29,31)/p+1. The number of nitrogens with zero attached hydrogens (tertiary/aromatic N) is 3. The average molecular weight is 481 g/mol. The maximum Gasteiger partial charge on any atom is 0.302 e. The quantitative estimate of drug-likeness (QED) is 0.350. The van der Waals surface area contributed by atoms with Crippen molar-refractivity contribution in [2.24, 2.45) is 7.05 Å². The second kappa shape index (κ2) is 8.27. The number of fused-ring (bicyclic) bond motifs is 1. The Bertz CT molecular complexity index is 1510. The molecule has 7 nitrogen and oxygen atoms in total. The van der Waals surface area contributed by atoms with Crippen LogP contribution in [0.5, 0.6) is 0 Å². The van der Waals surface area contributed by atoms with Gasteiger partial charge in [0, 0.05) is 16.0 Å². The van der Waals surface area contributed by atoms with Crippen molar-refractivity contribution >= 4 is 50.6 Å². The largest absolute Gasteiger partial charge is 0.397 e. The van der Waals surface area contributed by atoms with E-state index in [1.165, 1.54) is 23.0 Å². The zero-order valence-electron chi connectivity index (χ0n) is 17.2. The fraction of sp³-hybridized carbons (Fsp3) is 0.0435. The van der Waals surface area contributed by atoms with E-state index in [9.17, 15) is 9.18 Å². The van der Waals surface area contributed by atoms with Crippen LogP contribution in [0.2, 0.25) is 5.02 Å². The topological polar surface area (TPSA) is 97.9 Å². The van der Waals surface area contributed by atoms with Crippen LogP contribution in [0.3, 0.4) is 0 Å². The number of amides is 1. The molecule has 2 aromatic carbocycles. The number of hydrogen-bond donors (Lipinski definition) is 2. The molecule has 0 unspecified atom stereocenters. The molecule has 0 aliphatic rings. The molecule has 0 radical (unpaired) electrons. The van der Waals surface area contributed by atoms with Gasteiger partial charge in [-0.3, -0.25) is 14.6 Å². The number of nitrogens with two attached hydrogens (primary N) is 1. The first-order chi connectivity index (χ1) is 15.9. The zero-order valence-corrected chi connectivity index (χ0v) is 18.7. The Morgan fingerprint density at radius 1 is 1.18 bits per heavy atom. The molecule has 164 valence electrons. The predicted molar refractivity (Wildman–Crippen MR) is 126 cm³/mol. The van der Waals surface area contributed by atoms with E-state index in [1.807, 2.05) is 18.2 Å². The molecule has 0 aliphatic heterocycles. The predicted octanol–water partition coefficient (Wildman–Crippen LogP) is 5.07. The van der Waals surface area contributed by atoms with Crippen LogP contribution in [-0.2, 0) is 7.05 Å². The minimum absolute atomic E-state index is 0.180. The van der Waals surface area contributed by atoms with Crippen LogP contribution in [0, 0.1) is 5.82 Å². The van der Waals surface area contributed by atoms with Gasteiger partial charge >= 0.3 is 5.88 Å². The van der Waals surface area contributed by atoms with Gasteiger partial charge in [-0.15, -0.1) is 11.3 Å². The molecule has 1 amide bonds. The number of carbonyl (C=O) groups is 1. The molecule has 0 atom stereocenters. The lowest BCUT2D eigenvalue weighted by molar-refractivity contribution is -0.739. The highest BCUT2D eigenvalue weighted by atomic mass is 35.5. The minimum Gasteiger partial charge on any atom is -0.397 e. The number of aryl methyl sites for hydroxylation is 1. The van der Waals surface area contributed by atoms with Crippen molar-refractivity contribution in [1.29, 1.82) is 0 Å². The van der Waals surface area contributed by atoms with Gasteiger partial charge in [-0.2, -0.15) is 0 Å². The lowest BCUT2D eigenvalue weighted by Gasteiger charge is -2.09. The van der Waals surface area contributed by atoms with E-state index in [-0.39, 0.29) is 22.3 Å². The molecule has 0 fully saturated rings. The van der Waals surface area contributed by atoms with Gasteiger partial charge in [0.1, 0.15) is 15.5 Å². The molecule has 0 aliphatic carbocycles. The summed E-state index contributed by atoms with van der Waals surface area (Å²) < 4.78 is 20.5. The molecule has 0 saturated heterocycles. The van der Waals surface area contributed by atoms with Crippen LogP contribution < -0.4 is 15.7 Å². The van der Waals surface area contributed by atoms with E-state index in [0.717, 1.165) is 16.9 Å². The zero-order chi connectivity index (χ0) is 23.1. The number of nitrogens with one attached hydrogen (secondary N) is 1. The highest BCUT2D eigenvalue weighted by Gasteiger charge is 2.23. The summed E-state index contributed by atoms with van der Waals surface area (Å²) in [7, 11) is 1.67. The van der Waals surface area contributed by atoms with Gasteiger partial charge in [0.2, 0.25) is 0 Å². The molecule has 5 rings (SSSR count). The average Bonchev–Trinajstić information content (AvgIpc) is 3.36. The maximum atomic E-state index is 14.1. The lowest BCUT2D eigenvalue weighted by atomic mass is 9.99. The molecular formula is C23H16ClFN5O2S+. The van der Waals surface area contributed by atoms with Crippen LogP contribution in [-0.4, -0.2) is 16.2 Å². The lowest BCUT2D eigenvalue weighted by Crippen LogP contribution is -2.28. The molecule has 0 spiro atoms. The first-order valence-corrected chi connectivity index (χ1v) is 11.0. The van der Waals surface area contributed by atoms with Gasteiger partial charge in [-0.25, -0.2) is 9.37 Å². The van der Waals surface area contributed by atoms with Crippen LogP contribution in [0.4, 0.5) is 16.0 Å². The summed E-state index contributed by atoms with van der Waals surface area (Å²) in [6.45, 7) is 0. The maximum absolute atomic E-state index is 14.1. The molecule has 5 aromatic rings. The van der Waals surface area contributed by atoms with Gasteiger partial charge in [-0.05, 0) is 41.5 Å². The van der Waals surface area contributed by atoms with E-state index in [0.29, 0.717) is 32.1 Å². The highest BCUT2D eigenvalue weighted by molar-refractivity contribution is 7.21. The Balaban J connectivity index is 1.69. The number of halogens is 2. The summed E-state index contributed by atoms with van der Waals surface area (Å²) in [6, 6.07) is 15.3. The summed E-state index contributed by atoms with van der Waals surface area (Å²) in [6.07, 6.45) is 1.52. The molecule has 33 heavy (non-hydrogen) atoms. The van der Waals surface area contributed by atoms with E-state index in [1.54, 1.807) is 31.3 Å². The number of hydrogen-bond acceptors (Lipinski definition) is 6. The summed E-state index contributed by atoms with van der Waals surface area (Å²) >= 11 is 7.18. The normalized spacial score (nSPS) is 11.1. The summed E-state index contributed by atoms with van der Waals surface area (Å²) in [5.41, 5.74) is 9.45. The minimum atomic E-state index is -0.453. The molecular weight excluding hydrogens is 465 g/mol. The third-order valence-corrected chi connectivity index (χ3v) is 6.34. The van der Waals surface area contributed by atoms with Crippen molar-refractivity contribution in [2.45, 2.75) is 0 Å².